The van der Waals surface area contributed by atoms with Crippen LogP contribution in [0.2, 0.25) is 0 Å². The minimum atomic E-state index is -0.322. The van der Waals surface area contributed by atoms with Gasteiger partial charge in [-0.15, -0.1) is 0 Å². The topological polar surface area (TPSA) is 54.1 Å². The van der Waals surface area contributed by atoms with E-state index in [1.165, 1.54) is 20.0 Å². The van der Waals surface area contributed by atoms with Gasteiger partial charge >= 0.3 is 5.97 Å². The third-order valence-corrected chi connectivity index (χ3v) is 3.48. The fraction of sp³-hybridized carbons (Fsp3) is 0.615. The van der Waals surface area contributed by atoms with Crippen LogP contribution in [-0.2, 0) is 11.3 Å². The van der Waals surface area contributed by atoms with E-state index < -0.39 is 0 Å². The number of carbonyl (C=O) groups excluding carboxylic acids is 1. The van der Waals surface area contributed by atoms with Crippen LogP contribution in [0.5, 0.6) is 0 Å². The van der Waals surface area contributed by atoms with Gasteiger partial charge in [0, 0.05) is 17.8 Å². The molecule has 2 N–H and O–H groups in total. The monoisotopic (exact) mass is 236 g/mol. The van der Waals surface area contributed by atoms with Crippen LogP contribution < -0.4 is 5.32 Å². The van der Waals surface area contributed by atoms with Crippen LogP contribution >= 0.6 is 0 Å². The molecule has 0 spiro atoms. The van der Waals surface area contributed by atoms with Crippen LogP contribution in [0.25, 0.3) is 0 Å². The van der Waals surface area contributed by atoms with Crippen LogP contribution in [-0.4, -0.2) is 23.6 Å². The van der Waals surface area contributed by atoms with Crippen molar-refractivity contribution in [1.29, 1.82) is 0 Å². The molecule has 1 aliphatic carbocycles. The molecule has 1 fully saturated rings. The quantitative estimate of drug-likeness (QED) is 0.770. The summed E-state index contributed by atoms with van der Waals surface area (Å²) in [5.74, 6) is 0.468. The lowest BCUT2D eigenvalue weighted by Gasteiger charge is -2.25. The fourth-order valence-corrected chi connectivity index (χ4v) is 2.04. The van der Waals surface area contributed by atoms with Crippen LogP contribution in [0.15, 0.2) is 12.1 Å². The van der Waals surface area contributed by atoms with Crippen LogP contribution in [0, 0.1) is 5.92 Å². The third kappa shape index (κ3) is 2.88. The maximum Gasteiger partial charge on any atom is 0.354 e. The summed E-state index contributed by atoms with van der Waals surface area (Å²) >= 11 is 0. The normalized spacial score (nSPS) is 15.9. The van der Waals surface area contributed by atoms with Crippen molar-refractivity contribution in [2.24, 2.45) is 5.92 Å². The largest absolute Gasteiger partial charge is 0.464 e. The first kappa shape index (κ1) is 12.2. The van der Waals surface area contributed by atoms with Gasteiger partial charge in [0.15, 0.2) is 0 Å². The standard InChI is InChI=1S/C13H20N2O2/c1-13(2,9-4-5-9)14-8-10-6-7-11(15-10)12(16)17-3/h6-7,9,14-15H,4-5,8H2,1-3H3. The molecule has 2 rings (SSSR count). The lowest BCUT2D eigenvalue weighted by Crippen LogP contribution is -2.40. The number of aromatic amines is 1. The van der Waals surface area contributed by atoms with Crippen molar-refractivity contribution in [3.8, 4) is 0 Å². The molecule has 4 nitrogen and oxygen atoms in total. The molecule has 0 amide bonds. The first-order chi connectivity index (χ1) is 8.03. The first-order valence-electron chi connectivity index (χ1n) is 6.04. The Morgan fingerprint density at radius 1 is 1.53 bits per heavy atom. The van der Waals surface area contributed by atoms with Crippen molar-refractivity contribution >= 4 is 5.97 Å². The zero-order chi connectivity index (χ0) is 12.5. The predicted octanol–water partition coefficient (Wildman–Crippen LogP) is 2.08. The van der Waals surface area contributed by atoms with E-state index in [0.717, 1.165) is 18.2 Å². The van der Waals surface area contributed by atoms with Gasteiger partial charge in [-0.05, 0) is 44.7 Å². The highest BCUT2D eigenvalue weighted by atomic mass is 16.5. The molecule has 94 valence electrons. The summed E-state index contributed by atoms with van der Waals surface area (Å²) in [6, 6.07) is 3.68. The summed E-state index contributed by atoms with van der Waals surface area (Å²) in [5, 5.41) is 3.52. The predicted molar refractivity (Wildman–Crippen MR) is 65.8 cm³/mol. The summed E-state index contributed by atoms with van der Waals surface area (Å²) in [6.45, 7) is 5.21. The molecule has 1 aromatic rings. The molecular formula is C13H20N2O2. The molecule has 0 aliphatic heterocycles. The molecule has 0 bridgehead atoms. The number of carbonyl (C=O) groups is 1. The summed E-state index contributed by atoms with van der Waals surface area (Å²) in [5.41, 5.74) is 1.70. The molecule has 0 unspecified atom stereocenters. The van der Waals surface area contributed by atoms with Gasteiger partial charge in [0.1, 0.15) is 5.69 Å². The Labute approximate surface area is 102 Å². The van der Waals surface area contributed by atoms with Crippen LogP contribution in [0.1, 0.15) is 42.9 Å². The minimum Gasteiger partial charge on any atom is -0.464 e. The molecule has 1 aliphatic rings. The van der Waals surface area contributed by atoms with Gasteiger partial charge in [0.05, 0.1) is 7.11 Å². The Kier molecular flexibility index (Phi) is 3.24. The van der Waals surface area contributed by atoms with Crippen molar-refractivity contribution in [3.05, 3.63) is 23.5 Å². The molecule has 17 heavy (non-hydrogen) atoms. The maximum atomic E-state index is 11.3. The van der Waals surface area contributed by atoms with Gasteiger partial charge < -0.3 is 15.0 Å². The summed E-state index contributed by atoms with van der Waals surface area (Å²) in [4.78, 5) is 14.3. The van der Waals surface area contributed by atoms with Crippen LogP contribution in [0.3, 0.4) is 0 Å². The molecular weight excluding hydrogens is 216 g/mol. The van der Waals surface area contributed by atoms with Crippen molar-refractivity contribution in [1.82, 2.24) is 10.3 Å². The van der Waals surface area contributed by atoms with E-state index in [1.54, 1.807) is 6.07 Å². The van der Waals surface area contributed by atoms with E-state index in [-0.39, 0.29) is 11.5 Å². The first-order valence-corrected chi connectivity index (χ1v) is 6.04. The average Bonchev–Trinajstić information content (AvgIpc) is 3.06. The van der Waals surface area contributed by atoms with E-state index in [9.17, 15) is 4.79 Å². The van der Waals surface area contributed by atoms with E-state index >= 15 is 0 Å². The number of nitrogens with one attached hydrogen (secondary N) is 2. The molecule has 1 aromatic heterocycles. The summed E-state index contributed by atoms with van der Waals surface area (Å²) in [6.07, 6.45) is 2.64. The second-order valence-corrected chi connectivity index (χ2v) is 5.24. The Bertz CT molecular complexity index is 405. The Hall–Kier alpha value is -1.29. The summed E-state index contributed by atoms with van der Waals surface area (Å²) in [7, 11) is 1.39. The number of hydrogen-bond acceptors (Lipinski definition) is 3. The smallest absolute Gasteiger partial charge is 0.354 e. The molecule has 0 saturated heterocycles. The van der Waals surface area contributed by atoms with Gasteiger partial charge in [0.2, 0.25) is 0 Å². The summed E-state index contributed by atoms with van der Waals surface area (Å²) < 4.78 is 4.65. The zero-order valence-corrected chi connectivity index (χ0v) is 10.7. The molecule has 0 radical (unpaired) electrons. The second-order valence-electron chi connectivity index (χ2n) is 5.24. The molecule has 0 aromatic carbocycles. The molecule has 4 heteroatoms. The molecule has 0 atom stereocenters. The van der Waals surface area contributed by atoms with Gasteiger partial charge in [-0.3, -0.25) is 0 Å². The molecule has 1 saturated carbocycles. The van der Waals surface area contributed by atoms with E-state index in [4.69, 9.17) is 0 Å². The number of esters is 1. The lowest BCUT2D eigenvalue weighted by atomic mass is 9.99. The van der Waals surface area contributed by atoms with E-state index in [1.807, 2.05) is 6.07 Å². The Morgan fingerprint density at radius 2 is 2.24 bits per heavy atom. The lowest BCUT2D eigenvalue weighted by molar-refractivity contribution is 0.0594. The highest BCUT2D eigenvalue weighted by Crippen LogP contribution is 2.39. The van der Waals surface area contributed by atoms with Crippen LogP contribution in [0.4, 0.5) is 0 Å². The zero-order valence-electron chi connectivity index (χ0n) is 10.7. The van der Waals surface area contributed by atoms with Gasteiger partial charge in [-0.25, -0.2) is 4.79 Å². The van der Waals surface area contributed by atoms with E-state index in [0.29, 0.717) is 5.69 Å². The van der Waals surface area contributed by atoms with Crippen molar-refractivity contribution in [2.75, 3.05) is 7.11 Å². The van der Waals surface area contributed by atoms with Gasteiger partial charge in [-0.1, -0.05) is 0 Å². The highest BCUT2D eigenvalue weighted by Gasteiger charge is 2.37. The average molecular weight is 236 g/mol. The maximum absolute atomic E-state index is 11.3. The number of methoxy groups -OCH3 is 1. The number of aromatic nitrogens is 1. The Balaban J connectivity index is 1.90. The second kappa shape index (κ2) is 4.53. The Morgan fingerprint density at radius 3 is 2.82 bits per heavy atom. The third-order valence-electron chi connectivity index (χ3n) is 3.48. The molecule has 1 heterocycles. The van der Waals surface area contributed by atoms with Gasteiger partial charge in [-0.2, -0.15) is 0 Å². The minimum absolute atomic E-state index is 0.177. The van der Waals surface area contributed by atoms with Crippen molar-refractivity contribution in [2.45, 2.75) is 38.8 Å². The number of H-pyrrole nitrogens is 1. The van der Waals surface area contributed by atoms with Gasteiger partial charge in [0.25, 0.3) is 0 Å². The number of ether oxygens (including phenoxy) is 1. The SMILES string of the molecule is COC(=O)c1ccc(CNC(C)(C)C2CC2)[nH]1. The fourth-order valence-electron chi connectivity index (χ4n) is 2.04. The number of rotatable bonds is 5. The van der Waals surface area contributed by atoms with Crippen molar-refractivity contribution in [3.63, 3.8) is 0 Å². The van der Waals surface area contributed by atoms with Crippen molar-refractivity contribution < 1.29 is 9.53 Å². The number of hydrogen-bond donors (Lipinski definition) is 2. The van der Waals surface area contributed by atoms with E-state index in [2.05, 4.69) is 28.9 Å². The highest BCUT2D eigenvalue weighted by molar-refractivity contribution is 5.87.